The summed E-state index contributed by atoms with van der Waals surface area (Å²) in [5.74, 6) is -0.289. The molecule has 0 aliphatic rings. The lowest BCUT2D eigenvalue weighted by molar-refractivity contribution is -0.122. The van der Waals surface area contributed by atoms with Crippen LogP contribution in [0.1, 0.15) is 5.56 Å². The zero-order valence-electron chi connectivity index (χ0n) is 12.9. The van der Waals surface area contributed by atoms with Gasteiger partial charge in [-0.1, -0.05) is 42.5 Å². The van der Waals surface area contributed by atoms with Gasteiger partial charge < -0.3 is 5.32 Å². The maximum Gasteiger partial charge on any atom is 0.243 e. The predicted octanol–water partition coefficient (Wildman–Crippen LogP) is 1.84. The standard InChI is InChI=1S/C17H16FN5O/c18-15-8-4-7-14(11-15)17-20-22-23(21-17)12-16(24)19-10-9-13-5-2-1-3-6-13/h1-8,11H,9-10,12H2,(H,19,24). The summed E-state index contributed by atoms with van der Waals surface area (Å²) in [6, 6.07) is 15.8. The molecule has 0 aliphatic carbocycles. The molecule has 0 unspecified atom stereocenters. The first-order chi connectivity index (χ1) is 11.7. The van der Waals surface area contributed by atoms with Crippen LogP contribution in [0.2, 0.25) is 0 Å². The Hall–Kier alpha value is -3.09. The molecule has 3 aromatic rings. The van der Waals surface area contributed by atoms with Gasteiger partial charge in [-0.2, -0.15) is 4.80 Å². The number of benzene rings is 2. The normalized spacial score (nSPS) is 10.5. The molecule has 0 saturated heterocycles. The van der Waals surface area contributed by atoms with E-state index >= 15 is 0 Å². The van der Waals surface area contributed by atoms with Crippen molar-refractivity contribution in [1.82, 2.24) is 25.5 Å². The molecule has 0 bridgehead atoms. The maximum absolute atomic E-state index is 13.2. The Labute approximate surface area is 138 Å². The van der Waals surface area contributed by atoms with E-state index in [0.29, 0.717) is 12.1 Å². The summed E-state index contributed by atoms with van der Waals surface area (Å²) in [6.07, 6.45) is 0.756. The van der Waals surface area contributed by atoms with Gasteiger partial charge in [0.25, 0.3) is 0 Å². The number of nitrogens with zero attached hydrogens (tertiary/aromatic N) is 4. The van der Waals surface area contributed by atoms with Gasteiger partial charge in [0.05, 0.1) is 0 Å². The average Bonchev–Trinajstić information content (AvgIpc) is 3.04. The lowest BCUT2D eigenvalue weighted by Gasteiger charge is -2.04. The second-order valence-corrected chi connectivity index (χ2v) is 5.24. The largest absolute Gasteiger partial charge is 0.354 e. The van der Waals surface area contributed by atoms with E-state index in [0.717, 1.165) is 12.0 Å². The second kappa shape index (κ2) is 7.45. The van der Waals surface area contributed by atoms with E-state index in [9.17, 15) is 9.18 Å². The minimum absolute atomic E-state index is 0.0306. The van der Waals surface area contributed by atoms with E-state index in [1.54, 1.807) is 12.1 Å². The topological polar surface area (TPSA) is 72.7 Å². The highest BCUT2D eigenvalue weighted by molar-refractivity contribution is 5.75. The summed E-state index contributed by atoms with van der Waals surface area (Å²) in [6.45, 7) is 0.505. The molecule has 6 nitrogen and oxygen atoms in total. The average molecular weight is 325 g/mol. The van der Waals surface area contributed by atoms with Crippen molar-refractivity contribution in [3.8, 4) is 11.4 Å². The molecule has 1 heterocycles. The summed E-state index contributed by atoms with van der Waals surface area (Å²) in [4.78, 5) is 13.1. The first-order valence-electron chi connectivity index (χ1n) is 7.55. The molecule has 1 amide bonds. The molecule has 24 heavy (non-hydrogen) atoms. The highest BCUT2D eigenvalue weighted by atomic mass is 19.1. The minimum Gasteiger partial charge on any atom is -0.354 e. The summed E-state index contributed by atoms with van der Waals surface area (Å²) in [5.41, 5.74) is 1.68. The highest BCUT2D eigenvalue weighted by Crippen LogP contribution is 2.14. The first kappa shape index (κ1) is 15.8. The van der Waals surface area contributed by atoms with Gasteiger partial charge in [-0.25, -0.2) is 4.39 Å². The Morgan fingerprint density at radius 3 is 2.75 bits per heavy atom. The van der Waals surface area contributed by atoms with Crippen molar-refractivity contribution < 1.29 is 9.18 Å². The fraction of sp³-hybridized carbons (Fsp3) is 0.176. The zero-order valence-corrected chi connectivity index (χ0v) is 12.9. The Morgan fingerprint density at radius 2 is 1.96 bits per heavy atom. The molecule has 1 N–H and O–H groups in total. The van der Waals surface area contributed by atoms with Crippen molar-refractivity contribution in [1.29, 1.82) is 0 Å². The number of nitrogens with one attached hydrogen (secondary N) is 1. The van der Waals surface area contributed by atoms with Crippen LogP contribution in [0, 0.1) is 5.82 Å². The molecule has 0 atom stereocenters. The first-order valence-corrected chi connectivity index (χ1v) is 7.55. The Morgan fingerprint density at radius 1 is 1.12 bits per heavy atom. The van der Waals surface area contributed by atoms with E-state index in [4.69, 9.17) is 0 Å². The molecule has 0 radical (unpaired) electrons. The van der Waals surface area contributed by atoms with Crippen molar-refractivity contribution in [2.24, 2.45) is 0 Å². The fourth-order valence-corrected chi connectivity index (χ4v) is 2.23. The molecular formula is C17H16FN5O. The van der Waals surface area contributed by atoms with Crippen LogP contribution in [0.5, 0.6) is 0 Å². The number of tetrazole rings is 1. The number of halogens is 1. The van der Waals surface area contributed by atoms with Gasteiger partial charge in [-0.15, -0.1) is 10.2 Å². The minimum atomic E-state index is -0.373. The van der Waals surface area contributed by atoms with Gasteiger partial charge in [0.15, 0.2) is 0 Å². The number of carbonyl (C=O) groups excluding carboxylic acids is 1. The number of rotatable bonds is 6. The van der Waals surface area contributed by atoms with Gasteiger partial charge in [0, 0.05) is 12.1 Å². The third-order valence-electron chi connectivity index (χ3n) is 3.40. The van der Waals surface area contributed by atoms with E-state index in [-0.39, 0.29) is 24.1 Å². The van der Waals surface area contributed by atoms with Crippen LogP contribution in [-0.2, 0) is 17.8 Å². The summed E-state index contributed by atoms with van der Waals surface area (Å²) < 4.78 is 13.2. The van der Waals surface area contributed by atoms with Gasteiger partial charge in [-0.3, -0.25) is 4.79 Å². The molecule has 0 saturated carbocycles. The smallest absolute Gasteiger partial charge is 0.243 e. The van der Waals surface area contributed by atoms with E-state index in [2.05, 4.69) is 20.7 Å². The fourth-order valence-electron chi connectivity index (χ4n) is 2.23. The molecule has 0 spiro atoms. The van der Waals surface area contributed by atoms with Crippen molar-refractivity contribution in [2.75, 3.05) is 6.54 Å². The van der Waals surface area contributed by atoms with Crippen molar-refractivity contribution in [3.63, 3.8) is 0 Å². The van der Waals surface area contributed by atoms with Crippen LogP contribution in [0.3, 0.4) is 0 Å². The lowest BCUT2D eigenvalue weighted by atomic mass is 10.1. The van der Waals surface area contributed by atoms with Gasteiger partial charge >= 0.3 is 0 Å². The molecule has 122 valence electrons. The Bertz CT molecular complexity index is 819. The number of carbonyl (C=O) groups is 1. The summed E-state index contributed by atoms with van der Waals surface area (Å²) >= 11 is 0. The maximum atomic E-state index is 13.2. The van der Waals surface area contributed by atoms with Crippen molar-refractivity contribution >= 4 is 5.91 Å². The molecule has 2 aromatic carbocycles. The number of aromatic nitrogens is 4. The van der Waals surface area contributed by atoms with E-state index in [1.807, 2.05) is 30.3 Å². The number of amides is 1. The molecule has 0 aliphatic heterocycles. The third-order valence-corrected chi connectivity index (χ3v) is 3.40. The molecule has 0 fully saturated rings. The van der Waals surface area contributed by atoms with Crippen molar-refractivity contribution in [3.05, 3.63) is 66.0 Å². The quantitative estimate of drug-likeness (QED) is 0.750. The third kappa shape index (κ3) is 4.22. The van der Waals surface area contributed by atoms with E-state index < -0.39 is 0 Å². The summed E-state index contributed by atoms with van der Waals surface area (Å²) in [5, 5.41) is 14.6. The molecule has 1 aromatic heterocycles. The van der Waals surface area contributed by atoms with Gasteiger partial charge in [-0.05, 0) is 29.3 Å². The Kier molecular flexibility index (Phi) is 4.90. The van der Waals surface area contributed by atoms with Crippen LogP contribution < -0.4 is 5.32 Å². The van der Waals surface area contributed by atoms with Gasteiger partial charge in [0.1, 0.15) is 12.4 Å². The van der Waals surface area contributed by atoms with E-state index in [1.165, 1.54) is 16.9 Å². The van der Waals surface area contributed by atoms with Crippen LogP contribution in [0.25, 0.3) is 11.4 Å². The van der Waals surface area contributed by atoms with Crippen LogP contribution >= 0.6 is 0 Å². The van der Waals surface area contributed by atoms with Crippen LogP contribution in [0.15, 0.2) is 54.6 Å². The van der Waals surface area contributed by atoms with Crippen molar-refractivity contribution in [2.45, 2.75) is 13.0 Å². The SMILES string of the molecule is O=C(Cn1nnc(-c2cccc(F)c2)n1)NCCc1ccccc1. The zero-order chi connectivity index (χ0) is 16.8. The van der Waals surface area contributed by atoms with Gasteiger partial charge in [0.2, 0.25) is 11.7 Å². The van der Waals surface area contributed by atoms with Crippen LogP contribution in [0.4, 0.5) is 4.39 Å². The molecule has 3 rings (SSSR count). The van der Waals surface area contributed by atoms with Crippen LogP contribution in [-0.4, -0.2) is 32.7 Å². The Balaban J connectivity index is 1.52. The monoisotopic (exact) mass is 325 g/mol. The lowest BCUT2D eigenvalue weighted by Crippen LogP contribution is -2.30. The highest BCUT2D eigenvalue weighted by Gasteiger charge is 2.09. The number of hydrogen-bond donors (Lipinski definition) is 1. The summed E-state index contributed by atoms with van der Waals surface area (Å²) in [7, 11) is 0. The molecule has 7 heteroatoms. The molecular weight excluding hydrogens is 309 g/mol. The predicted molar refractivity (Wildman–Crippen MR) is 86.4 cm³/mol. The number of hydrogen-bond acceptors (Lipinski definition) is 4. The second-order valence-electron chi connectivity index (χ2n) is 5.24.